The Bertz CT molecular complexity index is 206. The fraction of sp³-hybridized carbons (Fsp3) is 0.214. The summed E-state index contributed by atoms with van der Waals surface area (Å²) in [6.07, 6.45) is 18.7. The number of hydrogen-bond acceptors (Lipinski definition) is 2. The van der Waals surface area contributed by atoms with E-state index >= 15 is 0 Å². The number of aliphatic hydroxyl groups excluding tert-OH is 1. The van der Waals surface area contributed by atoms with Crippen molar-refractivity contribution in [2.24, 2.45) is 4.99 Å². The molecule has 2 saturated carbocycles. The summed E-state index contributed by atoms with van der Waals surface area (Å²) in [5, 5.41) is 8.53. The summed E-state index contributed by atoms with van der Waals surface area (Å²) >= 11 is 2.91. The molecule has 2 aliphatic rings. The van der Waals surface area contributed by atoms with Crippen molar-refractivity contribution in [3.05, 3.63) is 63.7 Å². The molecule has 0 bridgehead atoms. The van der Waals surface area contributed by atoms with E-state index in [9.17, 15) is 0 Å². The molecule has 2 fully saturated rings. The monoisotopic (exact) mass is 350 g/mol. The largest absolute Gasteiger partial charge is 2.00 e. The van der Waals surface area contributed by atoms with Crippen LogP contribution in [0.2, 0.25) is 0 Å². The minimum atomic E-state index is 0. The summed E-state index contributed by atoms with van der Waals surface area (Å²) in [6, 6.07) is 0. The summed E-state index contributed by atoms with van der Waals surface area (Å²) in [5.74, 6) is 1.12. The summed E-state index contributed by atoms with van der Waals surface area (Å²) < 4.78 is 0.924. The number of rotatable bonds is 4. The summed E-state index contributed by atoms with van der Waals surface area (Å²) in [6.45, 7) is 0.891. The molecule has 0 aliphatic heterocycles. The Labute approximate surface area is 131 Å². The molecule has 0 aromatic heterocycles. The minimum Gasteiger partial charge on any atom is -0.0312 e. The van der Waals surface area contributed by atoms with E-state index in [1.54, 1.807) is 0 Å². The van der Waals surface area contributed by atoms with Crippen LogP contribution in [0.3, 0.4) is 0 Å². The van der Waals surface area contributed by atoms with Gasteiger partial charge in [0.15, 0.2) is 0 Å². The van der Waals surface area contributed by atoms with E-state index in [0.29, 0.717) is 6.54 Å². The van der Waals surface area contributed by atoms with E-state index in [4.69, 9.17) is 5.11 Å². The van der Waals surface area contributed by atoms with Crippen LogP contribution in [0.25, 0.3) is 0 Å². The molecule has 2 aliphatic carbocycles. The van der Waals surface area contributed by atoms with Crippen LogP contribution < -0.4 is 0 Å². The molecule has 0 unspecified atom stereocenters. The zero-order valence-corrected chi connectivity index (χ0v) is 12.8. The van der Waals surface area contributed by atoms with E-state index in [2.05, 4.69) is 21.0 Å². The third kappa shape index (κ3) is 8.72. The van der Waals surface area contributed by atoms with Crippen molar-refractivity contribution in [1.82, 2.24) is 0 Å². The van der Waals surface area contributed by atoms with Gasteiger partial charge in [-0.25, -0.2) is 0 Å². The van der Waals surface area contributed by atoms with Crippen molar-refractivity contribution in [2.45, 2.75) is 6.42 Å². The molecule has 0 amide bonds. The molecule has 2 nitrogen and oxygen atoms in total. The van der Waals surface area contributed by atoms with Crippen molar-refractivity contribution in [2.75, 3.05) is 13.2 Å². The molecule has 4 heteroatoms. The molecule has 95 valence electrons. The number of aliphatic imine (C=N–C) groups is 1. The van der Waals surface area contributed by atoms with Gasteiger partial charge in [0.25, 0.3) is 0 Å². The van der Waals surface area contributed by atoms with Crippen LogP contribution >= 0.6 is 0 Å². The second-order valence-electron chi connectivity index (χ2n) is 3.40. The summed E-state index contributed by atoms with van der Waals surface area (Å²) in [4.78, 5) is 4.26. The van der Waals surface area contributed by atoms with Gasteiger partial charge in [-0.05, 0) is 32.1 Å². The molecule has 0 aromatic rings. The predicted molar refractivity (Wildman–Crippen MR) is 71.7 cm³/mol. The summed E-state index contributed by atoms with van der Waals surface area (Å²) in [5.41, 5.74) is 0. The van der Waals surface area contributed by atoms with Crippen molar-refractivity contribution < 1.29 is 22.2 Å². The van der Waals surface area contributed by atoms with Gasteiger partial charge in [-0.1, -0.05) is 0 Å². The van der Waals surface area contributed by atoms with Gasteiger partial charge in [0, 0.05) is 0 Å². The maximum atomic E-state index is 8.53. The van der Waals surface area contributed by atoms with Gasteiger partial charge in [0.2, 0.25) is 0 Å². The topological polar surface area (TPSA) is 32.6 Å². The third-order valence-electron chi connectivity index (χ3n) is 2.04. The molecule has 0 spiro atoms. The normalized spacial score (nSPS) is 20.2. The van der Waals surface area contributed by atoms with Gasteiger partial charge in [0.05, 0.1) is 0 Å². The van der Waals surface area contributed by atoms with Crippen LogP contribution in [0.15, 0.2) is 4.99 Å². The van der Waals surface area contributed by atoms with Crippen LogP contribution in [-0.4, -0.2) is 38.9 Å². The average molecular weight is 349 g/mol. The second-order valence-corrected chi connectivity index (χ2v) is 4.21. The van der Waals surface area contributed by atoms with Gasteiger partial charge >= 0.3 is 99.0 Å². The quantitative estimate of drug-likeness (QED) is 0.464. The van der Waals surface area contributed by atoms with Crippen molar-refractivity contribution in [1.29, 1.82) is 0 Å². The van der Waals surface area contributed by atoms with Gasteiger partial charge in [-0.3, -0.25) is 0 Å². The Kier molecular flexibility index (Phi) is 13.2. The number of hydrogen-bond donors (Lipinski definition) is 1. The maximum absolute atomic E-state index is 8.53. The van der Waals surface area contributed by atoms with Gasteiger partial charge in [0.1, 0.15) is 0 Å². The van der Waals surface area contributed by atoms with Crippen LogP contribution in [0.4, 0.5) is 0 Å². The molecule has 11 radical (unpaired) electrons. The second kappa shape index (κ2) is 12.7. The van der Waals surface area contributed by atoms with Gasteiger partial charge < -0.3 is 0 Å². The Morgan fingerprint density at radius 3 is 1.94 bits per heavy atom. The fourth-order valence-electron chi connectivity index (χ4n) is 1.18. The first-order valence-corrected chi connectivity index (χ1v) is 6.41. The van der Waals surface area contributed by atoms with Gasteiger partial charge in [-0.2, -0.15) is 0 Å². The van der Waals surface area contributed by atoms with Crippen molar-refractivity contribution >= 4 is 20.6 Å². The molecule has 0 saturated heterocycles. The standard InChI is InChI=1S/C9H11NOSe.C5H5.Fe/c11-7-3-6-10-9(12)8-4-1-2-5-8;1-2-4-5-3-1;/h1-2,4-5,11H,3,6-7H2;1-5H;/q;;+2. The average Bonchev–Trinajstić information content (AvgIpc) is 3.05. The first-order valence-electron chi connectivity index (χ1n) is 5.55. The van der Waals surface area contributed by atoms with E-state index < -0.39 is 0 Å². The van der Waals surface area contributed by atoms with Crippen molar-refractivity contribution in [3.8, 4) is 0 Å². The first kappa shape index (κ1) is 18.7. The fourth-order valence-corrected chi connectivity index (χ4v) is 1.66. The van der Waals surface area contributed by atoms with Gasteiger partial charge in [-0.15, -0.1) is 0 Å². The van der Waals surface area contributed by atoms with Crippen LogP contribution in [0.1, 0.15) is 6.42 Å². The summed E-state index contributed by atoms with van der Waals surface area (Å²) in [7, 11) is 0. The Morgan fingerprint density at radius 1 is 1.00 bits per heavy atom. The van der Waals surface area contributed by atoms with E-state index in [1.165, 1.54) is 0 Å². The van der Waals surface area contributed by atoms with Crippen molar-refractivity contribution in [3.63, 3.8) is 0 Å². The Balaban J connectivity index is 0.000000405. The van der Waals surface area contributed by atoms with Crippen LogP contribution in [-0.2, 0) is 17.1 Å². The molecule has 0 atom stereocenters. The molecule has 18 heavy (non-hydrogen) atoms. The van der Waals surface area contributed by atoms with Crippen LogP contribution in [0.5, 0.6) is 0 Å². The molecule has 0 aromatic carbocycles. The van der Waals surface area contributed by atoms with Crippen LogP contribution in [0, 0.1) is 63.7 Å². The van der Waals surface area contributed by atoms with E-state index in [0.717, 1.165) is 16.9 Å². The zero-order valence-electron chi connectivity index (χ0n) is 9.97. The Morgan fingerprint density at radius 2 is 1.50 bits per heavy atom. The number of nitrogens with zero attached hydrogens (tertiary/aromatic N) is 1. The third-order valence-corrected chi connectivity index (χ3v) is 2.80. The van der Waals surface area contributed by atoms with E-state index in [-0.39, 0.29) is 23.7 Å². The zero-order chi connectivity index (χ0) is 12.3. The number of aliphatic hydroxyl groups is 1. The molecular weight excluding hydrogens is 333 g/mol. The minimum absolute atomic E-state index is 0. The van der Waals surface area contributed by atoms with E-state index in [1.807, 2.05) is 57.8 Å². The molecule has 1 N–H and O–H groups in total. The SMILES string of the molecule is OCCCN=C([Se])[C]1[CH][CH][CH][CH]1.[CH]1[CH][CH][CH][CH]1.[Fe+2]. The molecule has 0 heterocycles. The molecule has 2 rings (SSSR count). The smallest absolute Gasteiger partial charge is 0.0312 e. The Hall–Kier alpha value is 0.669. The predicted octanol–water partition coefficient (Wildman–Crippen LogP) is 1.36. The molecular formula is C14H16FeNOSe+2. The first-order chi connectivity index (χ1) is 8.34. The maximum Gasteiger partial charge on any atom is 2.00 e.